The van der Waals surface area contributed by atoms with E-state index in [0.29, 0.717) is 5.69 Å². The fraction of sp³-hybridized carbons (Fsp3) is 0.125. The van der Waals surface area contributed by atoms with E-state index in [2.05, 4.69) is 9.73 Å². The van der Waals surface area contributed by atoms with Crippen LogP contribution in [0.3, 0.4) is 0 Å². The number of hydrogen-bond donors (Lipinski definition) is 0. The highest BCUT2D eigenvalue weighted by Gasteiger charge is 1.83. The Hall–Kier alpha value is -1.51. The van der Waals surface area contributed by atoms with Crippen molar-refractivity contribution in [1.29, 1.82) is 0 Å². The van der Waals surface area contributed by atoms with Gasteiger partial charge in [-0.05, 0) is 19.2 Å². The summed E-state index contributed by atoms with van der Waals surface area (Å²) >= 11 is 0. The molecule has 11 heavy (non-hydrogen) atoms. The van der Waals surface area contributed by atoms with Gasteiger partial charge in [0, 0.05) is 0 Å². The summed E-state index contributed by atoms with van der Waals surface area (Å²) in [5, 5.41) is 10.6. The molecule has 0 aliphatic rings. The molecule has 0 aliphatic heterocycles. The zero-order valence-electron chi connectivity index (χ0n) is 6.15. The molecular formula is C8H8NO2-. The molecule has 0 spiro atoms. The van der Waals surface area contributed by atoms with Crippen LogP contribution in [0.25, 0.3) is 0 Å². The van der Waals surface area contributed by atoms with Gasteiger partial charge in [0.15, 0.2) is 6.08 Å². The third kappa shape index (κ3) is 2.29. The minimum absolute atomic E-state index is 0.573. The van der Waals surface area contributed by atoms with E-state index < -0.39 is 6.08 Å². The lowest BCUT2D eigenvalue weighted by Gasteiger charge is -2.05. The maximum atomic E-state index is 10.6. The van der Waals surface area contributed by atoms with Crippen LogP contribution in [0, 0.1) is 0 Å². The summed E-state index contributed by atoms with van der Waals surface area (Å²) in [5.74, 6) is 0. The lowest BCUT2D eigenvalue weighted by Crippen LogP contribution is -2.18. The van der Waals surface area contributed by atoms with Crippen LogP contribution in [0.4, 0.5) is 5.69 Å². The third-order valence-corrected chi connectivity index (χ3v) is 1.15. The summed E-state index contributed by atoms with van der Waals surface area (Å²) in [4.78, 5) is 3.62. The van der Waals surface area contributed by atoms with Crippen LogP contribution in [0.1, 0.15) is 0 Å². The third-order valence-electron chi connectivity index (χ3n) is 1.15. The van der Waals surface area contributed by atoms with Crippen molar-refractivity contribution in [2.75, 3.05) is 7.11 Å². The summed E-state index contributed by atoms with van der Waals surface area (Å²) in [6.07, 6.45) is -0.573. The molecule has 0 saturated heterocycles. The van der Waals surface area contributed by atoms with Crippen molar-refractivity contribution >= 4 is 11.8 Å². The average molecular weight is 150 g/mol. The highest BCUT2D eigenvalue weighted by Crippen LogP contribution is 2.08. The Morgan fingerprint density at radius 1 is 1.36 bits per heavy atom. The lowest BCUT2D eigenvalue weighted by atomic mass is 10.3. The fourth-order valence-electron chi connectivity index (χ4n) is 0.654. The first-order chi connectivity index (χ1) is 5.33. The van der Waals surface area contributed by atoms with Crippen molar-refractivity contribution in [2.24, 2.45) is 4.99 Å². The predicted molar refractivity (Wildman–Crippen MR) is 40.5 cm³/mol. The van der Waals surface area contributed by atoms with Gasteiger partial charge in [-0.1, -0.05) is 18.2 Å². The number of ether oxygens (including phenoxy) is 1. The summed E-state index contributed by atoms with van der Waals surface area (Å²) < 4.78 is 4.35. The van der Waals surface area contributed by atoms with Crippen molar-refractivity contribution in [1.82, 2.24) is 0 Å². The molecule has 0 amide bonds. The number of rotatable bonds is 1. The monoisotopic (exact) mass is 150 g/mol. The first-order valence-corrected chi connectivity index (χ1v) is 3.17. The molecule has 0 radical (unpaired) electrons. The van der Waals surface area contributed by atoms with Gasteiger partial charge >= 0.3 is 0 Å². The Balaban J connectivity index is 2.79. The molecule has 0 aliphatic carbocycles. The number of benzene rings is 1. The molecule has 3 nitrogen and oxygen atoms in total. The molecule has 1 rings (SSSR count). The van der Waals surface area contributed by atoms with E-state index in [1.807, 2.05) is 18.2 Å². The number of para-hydroxylation sites is 1. The topological polar surface area (TPSA) is 44.6 Å². The van der Waals surface area contributed by atoms with E-state index >= 15 is 0 Å². The molecular weight excluding hydrogens is 142 g/mol. The van der Waals surface area contributed by atoms with E-state index in [1.165, 1.54) is 7.11 Å². The SMILES string of the molecule is COC([O-])=Nc1ccccc1. The standard InChI is InChI=1S/C8H9NO2/c1-11-8(10)9-7-5-3-2-4-6-7/h2-6H,1H3,(H,9,10)/p-1. The van der Waals surface area contributed by atoms with Gasteiger partial charge in [-0.3, -0.25) is 0 Å². The van der Waals surface area contributed by atoms with Crippen molar-refractivity contribution in [3.63, 3.8) is 0 Å². The largest absolute Gasteiger partial charge is 0.603 e. The molecule has 0 bridgehead atoms. The minimum Gasteiger partial charge on any atom is -0.603 e. The number of hydrogen-bond acceptors (Lipinski definition) is 3. The van der Waals surface area contributed by atoms with Gasteiger partial charge in [-0.2, -0.15) is 0 Å². The molecule has 1 aromatic carbocycles. The Morgan fingerprint density at radius 3 is 2.55 bits per heavy atom. The lowest BCUT2D eigenvalue weighted by molar-refractivity contribution is -0.247. The average Bonchev–Trinajstić information content (AvgIpc) is 2.06. The summed E-state index contributed by atoms with van der Waals surface area (Å²) in [5.41, 5.74) is 0.611. The van der Waals surface area contributed by atoms with E-state index in [-0.39, 0.29) is 0 Å². The van der Waals surface area contributed by atoms with Gasteiger partial charge in [0.2, 0.25) is 0 Å². The zero-order valence-corrected chi connectivity index (χ0v) is 6.15. The maximum absolute atomic E-state index is 10.6. The highest BCUT2D eigenvalue weighted by molar-refractivity contribution is 5.66. The predicted octanol–water partition coefficient (Wildman–Crippen LogP) is 0.681. The zero-order chi connectivity index (χ0) is 8.10. The number of aliphatic imine (C=N–C) groups is 1. The molecule has 0 atom stereocenters. The van der Waals surface area contributed by atoms with Gasteiger partial charge in [0.25, 0.3) is 0 Å². The Morgan fingerprint density at radius 2 is 2.00 bits per heavy atom. The van der Waals surface area contributed by atoms with Crippen molar-refractivity contribution < 1.29 is 9.84 Å². The molecule has 3 heteroatoms. The van der Waals surface area contributed by atoms with E-state index in [9.17, 15) is 5.11 Å². The first kappa shape index (κ1) is 7.60. The van der Waals surface area contributed by atoms with E-state index in [4.69, 9.17) is 0 Å². The smallest absolute Gasteiger partial charge is 0.150 e. The molecule has 0 unspecified atom stereocenters. The summed E-state index contributed by atoms with van der Waals surface area (Å²) in [7, 11) is 1.30. The van der Waals surface area contributed by atoms with Gasteiger partial charge < -0.3 is 9.84 Å². The van der Waals surface area contributed by atoms with Crippen LogP contribution in [-0.2, 0) is 4.74 Å². The summed E-state index contributed by atoms with van der Waals surface area (Å²) in [6, 6.07) is 8.94. The van der Waals surface area contributed by atoms with Crippen LogP contribution >= 0.6 is 0 Å². The van der Waals surface area contributed by atoms with E-state index in [0.717, 1.165) is 0 Å². The molecule has 0 N–H and O–H groups in total. The molecule has 1 aromatic rings. The van der Waals surface area contributed by atoms with Gasteiger partial charge in [-0.25, -0.2) is 4.99 Å². The van der Waals surface area contributed by atoms with Crippen molar-refractivity contribution in [3.8, 4) is 0 Å². The number of methoxy groups -OCH3 is 1. The Labute approximate surface area is 65.0 Å². The second-order valence-corrected chi connectivity index (χ2v) is 1.92. The molecule has 58 valence electrons. The quantitative estimate of drug-likeness (QED) is 0.436. The van der Waals surface area contributed by atoms with Crippen LogP contribution in [-0.4, -0.2) is 13.2 Å². The Bertz CT molecular complexity index is 244. The Kier molecular flexibility index (Phi) is 2.49. The highest BCUT2D eigenvalue weighted by atomic mass is 16.6. The molecule has 0 heterocycles. The first-order valence-electron chi connectivity index (χ1n) is 3.17. The molecule has 0 saturated carbocycles. The molecule has 0 fully saturated rings. The minimum atomic E-state index is -0.573. The fourth-order valence-corrected chi connectivity index (χ4v) is 0.654. The van der Waals surface area contributed by atoms with Gasteiger partial charge in [0.1, 0.15) is 0 Å². The van der Waals surface area contributed by atoms with Crippen LogP contribution < -0.4 is 5.11 Å². The van der Waals surface area contributed by atoms with Gasteiger partial charge in [0.05, 0.1) is 5.69 Å². The second kappa shape index (κ2) is 3.61. The molecule has 0 aromatic heterocycles. The van der Waals surface area contributed by atoms with E-state index in [1.54, 1.807) is 12.1 Å². The van der Waals surface area contributed by atoms with Gasteiger partial charge in [-0.15, -0.1) is 0 Å². The second-order valence-electron chi connectivity index (χ2n) is 1.92. The van der Waals surface area contributed by atoms with Crippen molar-refractivity contribution in [2.45, 2.75) is 0 Å². The maximum Gasteiger partial charge on any atom is 0.150 e. The van der Waals surface area contributed by atoms with Crippen LogP contribution in [0.2, 0.25) is 0 Å². The van der Waals surface area contributed by atoms with Crippen LogP contribution in [0.5, 0.6) is 0 Å². The summed E-state index contributed by atoms with van der Waals surface area (Å²) in [6.45, 7) is 0. The van der Waals surface area contributed by atoms with Crippen molar-refractivity contribution in [3.05, 3.63) is 30.3 Å². The van der Waals surface area contributed by atoms with Crippen LogP contribution in [0.15, 0.2) is 35.3 Å². The number of nitrogens with zero attached hydrogens (tertiary/aromatic N) is 1. The normalized spacial score (nSPS) is 11.2.